The smallest absolute Gasteiger partial charge is 0.410 e. The van der Waals surface area contributed by atoms with Crippen LogP contribution in [0.3, 0.4) is 0 Å². The molecule has 5 heteroatoms. The van der Waals surface area contributed by atoms with Crippen LogP contribution in [-0.4, -0.2) is 34.7 Å². The molecule has 0 N–H and O–H groups in total. The summed E-state index contributed by atoms with van der Waals surface area (Å²) in [6.45, 7) is 7.22. The second-order valence-electron chi connectivity index (χ2n) is 8.51. The predicted molar refractivity (Wildman–Crippen MR) is 108 cm³/mol. The van der Waals surface area contributed by atoms with Crippen LogP contribution in [0.15, 0.2) is 54.9 Å². The Morgan fingerprint density at radius 1 is 1.04 bits per heavy atom. The van der Waals surface area contributed by atoms with E-state index in [-0.39, 0.29) is 6.09 Å². The summed E-state index contributed by atoms with van der Waals surface area (Å²) >= 11 is 0. The summed E-state index contributed by atoms with van der Waals surface area (Å²) in [6.07, 6.45) is 6.55. The SMILES string of the molecule is CC(C)(C)OC(=O)N1C[C@H]2CC(c3ccc(Oc4ccncc4)cc3)=C[C@H]2C1. The van der Waals surface area contributed by atoms with E-state index in [4.69, 9.17) is 9.47 Å². The molecule has 5 nitrogen and oxygen atoms in total. The van der Waals surface area contributed by atoms with Gasteiger partial charge in [-0.25, -0.2) is 4.79 Å². The van der Waals surface area contributed by atoms with Gasteiger partial charge in [0.25, 0.3) is 0 Å². The van der Waals surface area contributed by atoms with E-state index in [2.05, 4.69) is 23.2 Å². The molecule has 2 aliphatic rings. The normalized spacial score (nSPS) is 21.2. The number of aromatic nitrogens is 1. The first kappa shape index (κ1) is 18.5. The number of fused-ring (bicyclic) bond motifs is 1. The standard InChI is InChI=1S/C23H26N2O3/c1-23(2,3)28-22(26)25-14-18-12-17(13-19(18)15-25)16-4-6-20(7-5-16)27-21-8-10-24-11-9-21/h4-12,18-19H,13-15H2,1-3H3/t18-,19+/m0/s1. The molecule has 146 valence electrons. The number of hydrogen-bond donors (Lipinski definition) is 0. The molecule has 1 fully saturated rings. The van der Waals surface area contributed by atoms with Crippen molar-refractivity contribution in [1.29, 1.82) is 0 Å². The van der Waals surface area contributed by atoms with Crippen LogP contribution >= 0.6 is 0 Å². The lowest BCUT2D eigenvalue weighted by atomic mass is 9.98. The number of allylic oxidation sites excluding steroid dienone is 1. The second kappa shape index (κ2) is 7.30. The van der Waals surface area contributed by atoms with Gasteiger partial charge in [-0.15, -0.1) is 0 Å². The zero-order valence-corrected chi connectivity index (χ0v) is 16.6. The molecule has 2 aromatic rings. The molecule has 2 atom stereocenters. The van der Waals surface area contributed by atoms with Crippen molar-refractivity contribution in [2.75, 3.05) is 13.1 Å². The molecule has 4 rings (SSSR count). The number of rotatable bonds is 3. The van der Waals surface area contributed by atoms with Gasteiger partial charge in [-0.1, -0.05) is 18.2 Å². The van der Waals surface area contributed by atoms with E-state index in [1.54, 1.807) is 12.4 Å². The number of pyridine rings is 1. The van der Waals surface area contributed by atoms with E-state index in [0.29, 0.717) is 11.8 Å². The second-order valence-corrected chi connectivity index (χ2v) is 8.51. The quantitative estimate of drug-likeness (QED) is 0.742. The molecule has 0 radical (unpaired) electrons. The highest BCUT2D eigenvalue weighted by molar-refractivity contribution is 5.72. The summed E-state index contributed by atoms with van der Waals surface area (Å²) in [5.41, 5.74) is 2.13. The molecule has 0 saturated carbocycles. The van der Waals surface area contributed by atoms with Crippen molar-refractivity contribution in [2.24, 2.45) is 11.8 Å². The highest BCUT2D eigenvalue weighted by Gasteiger charge is 2.39. The fourth-order valence-corrected chi connectivity index (χ4v) is 3.88. The number of benzene rings is 1. The average molecular weight is 378 g/mol. The molecular weight excluding hydrogens is 352 g/mol. The van der Waals surface area contributed by atoms with Crippen molar-refractivity contribution < 1.29 is 14.3 Å². The number of ether oxygens (including phenoxy) is 2. The van der Waals surface area contributed by atoms with Crippen LogP contribution in [0.1, 0.15) is 32.8 Å². The summed E-state index contributed by atoms with van der Waals surface area (Å²) in [4.78, 5) is 18.1. The van der Waals surface area contributed by atoms with Gasteiger partial charge in [-0.3, -0.25) is 4.98 Å². The van der Waals surface area contributed by atoms with Crippen molar-refractivity contribution in [3.63, 3.8) is 0 Å². The molecular formula is C23H26N2O3. The Bertz CT molecular complexity index is 869. The van der Waals surface area contributed by atoms with E-state index in [1.807, 2.05) is 49.9 Å². The van der Waals surface area contributed by atoms with Crippen LogP contribution in [-0.2, 0) is 4.74 Å². The van der Waals surface area contributed by atoms with Crippen LogP contribution < -0.4 is 4.74 Å². The summed E-state index contributed by atoms with van der Waals surface area (Å²) in [6, 6.07) is 11.9. The fraction of sp³-hybridized carbons (Fsp3) is 0.391. The van der Waals surface area contributed by atoms with Crippen molar-refractivity contribution in [3.05, 3.63) is 60.4 Å². The lowest BCUT2D eigenvalue weighted by Crippen LogP contribution is -2.35. The summed E-state index contributed by atoms with van der Waals surface area (Å²) < 4.78 is 11.3. The van der Waals surface area contributed by atoms with Crippen molar-refractivity contribution in [2.45, 2.75) is 32.8 Å². The van der Waals surface area contributed by atoms with E-state index in [0.717, 1.165) is 31.0 Å². The van der Waals surface area contributed by atoms with Gasteiger partial charge in [0.15, 0.2) is 0 Å². The maximum absolute atomic E-state index is 12.3. The molecule has 1 aromatic carbocycles. The Hall–Kier alpha value is -2.82. The number of carbonyl (C=O) groups excluding carboxylic acids is 1. The number of carbonyl (C=O) groups is 1. The van der Waals surface area contributed by atoms with E-state index in [9.17, 15) is 4.79 Å². The molecule has 1 aliphatic carbocycles. The van der Waals surface area contributed by atoms with Gasteiger partial charge < -0.3 is 14.4 Å². The Morgan fingerprint density at radius 2 is 1.71 bits per heavy atom. The van der Waals surface area contributed by atoms with Crippen LogP contribution in [0.5, 0.6) is 11.5 Å². The maximum atomic E-state index is 12.3. The van der Waals surface area contributed by atoms with Crippen LogP contribution in [0.2, 0.25) is 0 Å². The molecule has 1 saturated heterocycles. The van der Waals surface area contributed by atoms with Gasteiger partial charge in [-0.05, 0) is 74.4 Å². The third kappa shape index (κ3) is 4.19. The first-order valence-electron chi connectivity index (χ1n) is 9.74. The number of nitrogens with zero attached hydrogens (tertiary/aromatic N) is 2. The minimum atomic E-state index is -0.449. The largest absolute Gasteiger partial charge is 0.457 e. The van der Waals surface area contributed by atoms with E-state index in [1.165, 1.54) is 11.1 Å². The third-order valence-electron chi connectivity index (χ3n) is 5.15. The Morgan fingerprint density at radius 3 is 2.36 bits per heavy atom. The van der Waals surface area contributed by atoms with Crippen LogP contribution in [0.4, 0.5) is 4.79 Å². The fourth-order valence-electron chi connectivity index (χ4n) is 3.88. The van der Waals surface area contributed by atoms with Gasteiger partial charge in [-0.2, -0.15) is 0 Å². The zero-order chi connectivity index (χ0) is 19.7. The van der Waals surface area contributed by atoms with E-state index >= 15 is 0 Å². The van der Waals surface area contributed by atoms with Crippen LogP contribution in [0, 0.1) is 11.8 Å². The maximum Gasteiger partial charge on any atom is 0.410 e. The number of hydrogen-bond acceptors (Lipinski definition) is 4. The van der Waals surface area contributed by atoms with Gasteiger partial charge >= 0.3 is 6.09 Å². The van der Waals surface area contributed by atoms with Gasteiger partial charge in [0, 0.05) is 25.5 Å². The zero-order valence-electron chi connectivity index (χ0n) is 16.6. The van der Waals surface area contributed by atoms with Crippen molar-refractivity contribution >= 4 is 11.7 Å². The molecule has 0 bridgehead atoms. The molecule has 28 heavy (non-hydrogen) atoms. The lowest BCUT2D eigenvalue weighted by molar-refractivity contribution is 0.0285. The highest BCUT2D eigenvalue weighted by Crippen LogP contribution is 2.41. The highest BCUT2D eigenvalue weighted by atomic mass is 16.6. The van der Waals surface area contributed by atoms with E-state index < -0.39 is 5.60 Å². The van der Waals surface area contributed by atoms with Crippen molar-refractivity contribution in [3.8, 4) is 11.5 Å². The molecule has 1 amide bonds. The van der Waals surface area contributed by atoms with Crippen LogP contribution in [0.25, 0.3) is 5.57 Å². The number of amides is 1. The molecule has 0 spiro atoms. The minimum absolute atomic E-state index is 0.200. The predicted octanol–water partition coefficient (Wildman–Crippen LogP) is 5.14. The first-order chi connectivity index (χ1) is 13.4. The monoisotopic (exact) mass is 378 g/mol. The Labute approximate surface area is 166 Å². The topological polar surface area (TPSA) is 51.7 Å². The Balaban J connectivity index is 1.38. The lowest BCUT2D eigenvalue weighted by Gasteiger charge is -2.24. The molecule has 0 unspecified atom stereocenters. The van der Waals surface area contributed by atoms with Gasteiger partial charge in [0.05, 0.1) is 0 Å². The number of likely N-dealkylation sites (tertiary alicyclic amines) is 1. The summed E-state index contributed by atoms with van der Waals surface area (Å²) in [5, 5.41) is 0. The van der Waals surface area contributed by atoms with Gasteiger partial charge in [0.1, 0.15) is 17.1 Å². The third-order valence-corrected chi connectivity index (χ3v) is 5.15. The average Bonchev–Trinajstić information content (AvgIpc) is 3.21. The first-order valence-corrected chi connectivity index (χ1v) is 9.74. The van der Waals surface area contributed by atoms with Crippen molar-refractivity contribution in [1.82, 2.24) is 9.88 Å². The summed E-state index contributed by atoms with van der Waals surface area (Å²) in [7, 11) is 0. The Kier molecular flexibility index (Phi) is 4.84. The molecule has 1 aromatic heterocycles. The summed E-state index contributed by atoms with van der Waals surface area (Å²) in [5.74, 6) is 2.48. The molecule has 1 aliphatic heterocycles. The minimum Gasteiger partial charge on any atom is -0.457 e. The molecule has 2 heterocycles. The van der Waals surface area contributed by atoms with Gasteiger partial charge in [0.2, 0.25) is 0 Å².